The van der Waals surface area contributed by atoms with E-state index in [1.807, 2.05) is 42.6 Å². The molecule has 1 saturated heterocycles. The Balaban J connectivity index is 1.39. The van der Waals surface area contributed by atoms with Gasteiger partial charge < -0.3 is 10.1 Å². The van der Waals surface area contributed by atoms with Gasteiger partial charge in [0.15, 0.2) is 5.65 Å². The van der Waals surface area contributed by atoms with Crippen molar-refractivity contribution in [2.75, 3.05) is 11.9 Å². The molecule has 1 aliphatic rings. The van der Waals surface area contributed by atoms with E-state index in [9.17, 15) is 4.79 Å². The molecule has 0 spiro atoms. The minimum absolute atomic E-state index is 0.00849. The number of hydrogen-bond donors (Lipinski definition) is 2. The number of anilines is 1. The van der Waals surface area contributed by atoms with E-state index in [0.717, 1.165) is 18.4 Å². The zero-order chi connectivity index (χ0) is 17.1. The predicted octanol–water partition coefficient (Wildman–Crippen LogP) is 2.77. The van der Waals surface area contributed by atoms with Crippen LogP contribution in [0, 0.1) is 0 Å². The van der Waals surface area contributed by atoms with Crippen molar-refractivity contribution in [3.8, 4) is 0 Å². The Bertz CT molecular complexity index is 864. The van der Waals surface area contributed by atoms with E-state index in [4.69, 9.17) is 4.74 Å². The lowest BCUT2D eigenvalue weighted by molar-refractivity contribution is 0.00253. The zero-order valence-electron chi connectivity index (χ0n) is 13.6. The molecule has 2 N–H and O–H groups in total. The molecule has 1 fully saturated rings. The van der Waals surface area contributed by atoms with Gasteiger partial charge in [-0.05, 0) is 30.5 Å². The summed E-state index contributed by atoms with van der Waals surface area (Å²) >= 11 is 0. The average molecular weight is 337 g/mol. The molecule has 3 heterocycles. The molecule has 4 rings (SSSR count). The third-order valence-corrected chi connectivity index (χ3v) is 4.33. The van der Waals surface area contributed by atoms with Crippen LogP contribution in [0.5, 0.6) is 0 Å². The maximum atomic E-state index is 12.3. The Morgan fingerprint density at radius 1 is 1.12 bits per heavy atom. The molecule has 0 bridgehead atoms. The Labute approximate surface area is 145 Å². The Morgan fingerprint density at radius 3 is 2.84 bits per heavy atom. The van der Waals surface area contributed by atoms with Crippen molar-refractivity contribution in [2.24, 2.45) is 0 Å². The van der Waals surface area contributed by atoms with Gasteiger partial charge in [0.05, 0.1) is 6.10 Å². The molecule has 128 valence electrons. The van der Waals surface area contributed by atoms with E-state index in [-0.39, 0.29) is 18.2 Å². The summed E-state index contributed by atoms with van der Waals surface area (Å²) in [4.78, 5) is 12.3. The highest BCUT2D eigenvalue weighted by atomic mass is 16.5. The van der Waals surface area contributed by atoms with Gasteiger partial charge in [0.2, 0.25) is 5.95 Å². The second kappa shape index (κ2) is 6.90. The maximum Gasteiger partial charge on any atom is 0.321 e. The van der Waals surface area contributed by atoms with Crippen LogP contribution < -0.4 is 10.6 Å². The van der Waals surface area contributed by atoms with Crippen molar-refractivity contribution in [2.45, 2.75) is 25.0 Å². The van der Waals surface area contributed by atoms with Gasteiger partial charge in [-0.3, -0.25) is 9.72 Å². The number of fused-ring (bicyclic) bond motifs is 1. The molecule has 25 heavy (non-hydrogen) atoms. The standard InChI is InChI=1S/C18H19N5O2/c24-18(20-17-22-21-16-8-4-5-10-23(16)17)19-14-9-11-25-15(12-14)13-6-2-1-3-7-13/h1-8,10,14-15H,9,11-12H2,(H2,19,20,22,24)/t14-,15-/m0/s1. The number of nitrogens with zero attached hydrogens (tertiary/aromatic N) is 3. The first-order valence-electron chi connectivity index (χ1n) is 8.33. The van der Waals surface area contributed by atoms with Crippen LogP contribution in [0.1, 0.15) is 24.5 Å². The molecule has 2 aromatic heterocycles. The lowest BCUT2D eigenvalue weighted by Crippen LogP contribution is -2.42. The monoisotopic (exact) mass is 337 g/mol. The van der Waals surface area contributed by atoms with Crippen LogP contribution in [0.3, 0.4) is 0 Å². The molecule has 7 nitrogen and oxygen atoms in total. The van der Waals surface area contributed by atoms with Crippen LogP contribution in [-0.2, 0) is 4.74 Å². The highest BCUT2D eigenvalue weighted by Crippen LogP contribution is 2.27. The fraction of sp³-hybridized carbons (Fsp3) is 0.278. The van der Waals surface area contributed by atoms with Crippen molar-refractivity contribution in [1.29, 1.82) is 0 Å². The highest BCUT2D eigenvalue weighted by molar-refractivity contribution is 5.88. The normalized spacial score (nSPS) is 20.3. The van der Waals surface area contributed by atoms with E-state index in [1.165, 1.54) is 0 Å². The SMILES string of the molecule is O=C(Nc1nnc2ccccn12)N[C@H]1CCO[C@H](c2ccccc2)C1. The summed E-state index contributed by atoms with van der Waals surface area (Å²) in [6, 6.07) is 15.4. The van der Waals surface area contributed by atoms with Crippen molar-refractivity contribution in [3.63, 3.8) is 0 Å². The number of carbonyl (C=O) groups excluding carboxylic acids is 1. The lowest BCUT2D eigenvalue weighted by Gasteiger charge is -2.30. The maximum absolute atomic E-state index is 12.3. The van der Waals surface area contributed by atoms with Gasteiger partial charge in [-0.25, -0.2) is 4.79 Å². The molecule has 3 aromatic rings. The molecule has 1 aromatic carbocycles. The number of ether oxygens (including phenoxy) is 1. The fourth-order valence-electron chi connectivity index (χ4n) is 3.08. The van der Waals surface area contributed by atoms with Crippen LogP contribution in [0.25, 0.3) is 5.65 Å². The Kier molecular flexibility index (Phi) is 4.30. The lowest BCUT2D eigenvalue weighted by atomic mass is 9.97. The number of nitrogens with one attached hydrogen (secondary N) is 2. The van der Waals surface area contributed by atoms with Gasteiger partial charge in [0, 0.05) is 18.8 Å². The molecule has 1 aliphatic heterocycles. The molecule has 2 amide bonds. The van der Waals surface area contributed by atoms with Gasteiger partial charge in [0.25, 0.3) is 0 Å². The Hall–Kier alpha value is -2.93. The molecule has 0 unspecified atom stereocenters. The van der Waals surface area contributed by atoms with Crippen molar-refractivity contribution in [1.82, 2.24) is 19.9 Å². The largest absolute Gasteiger partial charge is 0.373 e. The molecule has 0 radical (unpaired) electrons. The average Bonchev–Trinajstić information content (AvgIpc) is 3.06. The quantitative estimate of drug-likeness (QED) is 0.770. The molecular weight excluding hydrogens is 318 g/mol. The summed E-state index contributed by atoms with van der Waals surface area (Å²) < 4.78 is 7.57. The van der Waals surface area contributed by atoms with Crippen LogP contribution in [0.15, 0.2) is 54.7 Å². The van der Waals surface area contributed by atoms with Crippen LogP contribution in [0.2, 0.25) is 0 Å². The molecule has 0 saturated carbocycles. The fourth-order valence-corrected chi connectivity index (χ4v) is 3.08. The third kappa shape index (κ3) is 3.46. The van der Waals surface area contributed by atoms with E-state index >= 15 is 0 Å². The summed E-state index contributed by atoms with van der Waals surface area (Å²) in [6.07, 6.45) is 3.36. The van der Waals surface area contributed by atoms with Gasteiger partial charge in [-0.1, -0.05) is 36.4 Å². The zero-order valence-corrected chi connectivity index (χ0v) is 13.6. The van der Waals surface area contributed by atoms with E-state index in [1.54, 1.807) is 4.40 Å². The first-order valence-corrected chi connectivity index (χ1v) is 8.33. The summed E-state index contributed by atoms with van der Waals surface area (Å²) in [6.45, 7) is 0.623. The van der Waals surface area contributed by atoms with Crippen LogP contribution in [0.4, 0.5) is 10.7 Å². The number of aromatic nitrogens is 3. The molecular formula is C18H19N5O2. The van der Waals surface area contributed by atoms with E-state index in [2.05, 4.69) is 33.0 Å². The third-order valence-electron chi connectivity index (χ3n) is 4.33. The van der Waals surface area contributed by atoms with Gasteiger partial charge in [-0.15, -0.1) is 10.2 Å². The number of amides is 2. The second-order valence-corrected chi connectivity index (χ2v) is 6.04. The van der Waals surface area contributed by atoms with Crippen molar-refractivity contribution < 1.29 is 9.53 Å². The molecule has 0 aliphatic carbocycles. The van der Waals surface area contributed by atoms with Crippen LogP contribution >= 0.6 is 0 Å². The molecule has 2 atom stereocenters. The summed E-state index contributed by atoms with van der Waals surface area (Å²) in [7, 11) is 0. The van der Waals surface area contributed by atoms with E-state index in [0.29, 0.717) is 18.2 Å². The number of pyridine rings is 1. The topological polar surface area (TPSA) is 80.6 Å². The summed E-state index contributed by atoms with van der Waals surface area (Å²) in [5, 5.41) is 13.8. The van der Waals surface area contributed by atoms with Gasteiger partial charge in [0.1, 0.15) is 0 Å². The first-order chi connectivity index (χ1) is 12.3. The smallest absolute Gasteiger partial charge is 0.321 e. The predicted molar refractivity (Wildman–Crippen MR) is 93.3 cm³/mol. The number of urea groups is 1. The summed E-state index contributed by atoms with van der Waals surface area (Å²) in [5.74, 6) is 0.403. The van der Waals surface area contributed by atoms with Crippen molar-refractivity contribution in [3.05, 3.63) is 60.3 Å². The van der Waals surface area contributed by atoms with Crippen LogP contribution in [-0.4, -0.2) is 33.3 Å². The van der Waals surface area contributed by atoms with E-state index < -0.39 is 0 Å². The first kappa shape index (κ1) is 15.6. The minimum Gasteiger partial charge on any atom is -0.373 e. The molecule has 7 heteroatoms. The summed E-state index contributed by atoms with van der Waals surface area (Å²) in [5.41, 5.74) is 1.82. The van der Waals surface area contributed by atoms with Crippen molar-refractivity contribution >= 4 is 17.6 Å². The highest BCUT2D eigenvalue weighted by Gasteiger charge is 2.25. The second-order valence-electron chi connectivity index (χ2n) is 6.04. The number of hydrogen-bond acceptors (Lipinski definition) is 4. The number of benzene rings is 1. The number of rotatable bonds is 3. The Morgan fingerprint density at radius 2 is 1.96 bits per heavy atom. The van der Waals surface area contributed by atoms with Gasteiger partial charge in [-0.2, -0.15) is 0 Å². The minimum atomic E-state index is -0.281. The number of carbonyl (C=O) groups is 1. The van der Waals surface area contributed by atoms with Gasteiger partial charge >= 0.3 is 6.03 Å².